The molecular weight excluding hydrogens is 230 g/mol. The molecule has 0 bridgehead atoms. The fourth-order valence-electron chi connectivity index (χ4n) is 3.43. The van der Waals surface area contributed by atoms with Gasteiger partial charge in [-0.25, -0.2) is 0 Å². The lowest BCUT2D eigenvalue weighted by atomic mass is 9.83. The van der Waals surface area contributed by atoms with Gasteiger partial charge >= 0.3 is 0 Å². The van der Waals surface area contributed by atoms with Gasteiger partial charge in [-0.2, -0.15) is 0 Å². The Bertz CT molecular complexity index is 325. The predicted octanol–water partition coefficient (Wildman–Crippen LogP) is 4.57. The Balaban J connectivity index is 1.96. The lowest BCUT2D eigenvalue weighted by Gasteiger charge is -2.29. The van der Waals surface area contributed by atoms with Gasteiger partial charge in [0.05, 0.1) is 0 Å². The zero-order valence-corrected chi connectivity index (χ0v) is 12.4. The van der Waals surface area contributed by atoms with Crippen molar-refractivity contribution in [2.75, 3.05) is 6.54 Å². The molecule has 19 heavy (non-hydrogen) atoms. The summed E-state index contributed by atoms with van der Waals surface area (Å²) in [5.74, 6) is 0.875. The van der Waals surface area contributed by atoms with Crippen molar-refractivity contribution < 1.29 is 0 Å². The van der Waals surface area contributed by atoms with Crippen LogP contribution < -0.4 is 5.32 Å². The van der Waals surface area contributed by atoms with Gasteiger partial charge < -0.3 is 5.32 Å². The first-order chi connectivity index (χ1) is 9.40. The fraction of sp³-hybridized carbons (Fsp3) is 0.667. The molecule has 0 spiro atoms. The second-order valence-corrected chi connectivity index (χ2v) is 5.96. The van der Waals surface area contributed by atoms with E-state index in [0.717, 1.165) is 12.5 Å². The van der Waals surface area contributed by atoms with Crippen LogP contribution in [0.3, 0.4) is 0 Å². The maximum atomic E-state index is 3.75. The number of rotatable bonds is 5. The van der Waals surface area contributed by atoms with Gasteiger partial charge in [0.25, 0.3) is 0 Å². The summed E-state index contributed by atoms with van der Waals surface area (Å²) in [5.41, 5.74) is 1.48. The molecule has 0 heterocycles. The van der Waals surface area contributed by atoms with E-state index in [9.17, 15) is 0 Å². The van der Waals surface area contributed by atoms with Crippen molar-refractivity contribution in [3.05, 3.63) is 35.9 Å². The summed E-state index contributed by atoms with van der Waals surface area (Å²) in [6, 6.07) is 11.7. The number of hydrogen-bond donors (Lipinski definition) is 1. The van der Waals surface area contributed by atoms with Crippen molar-refractivity contribution in [3.63, 3.8) is 0 Å². The molecule has 1 heteroatoms. The molecule has 2 rings (SSSR count). The first-order valence-electron chi connectivity index (χ1n) is 8.17. The Morgan fingerprint density at radius 3 is 2.26 bits per heavy atom. The smallest absolute Gasteiger partial charge is 0.0136 e. The molecule has 0 aliphatic heterocycles. The lowest BCUT2D eigenvalue weighted by molar-refractivity contribution is 0.286. The molecule has 1 atom stereocenters. The number of nitrogens with one attached hydrogen (secondary N) is 1. The summed E-state index contributed by atoms with van der Waals surface area (Å²) in [6.45, 7) is 3.33. The molecule has 1 aromatic rings. The molecule has 1 nitrogen and oxygen atoms in total. The largest absolute Gasteiger partial charge is 0.314 e. The van der Waals surface area contributed by atoms with Crippen molar-refractivity contribution in [1.29, 1.82) is 0 Å². The minimum absolute atomic E-state index is 0.672. The van der Waals surface area contributed by atoms with Crippen LogP contribution >= 0.6 is 0 Å². The van der Waals surface area contributed by atoms with Gasteiger partial charge in [0.1, 0.15) is 0 Å². The van der Waals surface area contributed by atoms with E-state index in [4.69, 9.17) is 0 Å². The van der Waals surface area contributed by atoms with Gasteiger partial charge in [-0.1, -0.05) is 69.4 Å². The number of benzene rings is 1. The van der Waals surface area contributed by atoms with E-state index in [1.807, 2.05) is 0 Å². The van der Waals surface area contributed by atoms with Crippen molar-refractivity contribution in [2.24, 2.45) is 5.92 Å². The third-order valence-electron chi connectivity index (χ3n) is 4.48. The quantitative estimate of drug-likeness (QED) is 0.817. The van der Waals surface area contributed by atoms with E-state index in [1.54, 1.807) is 0 Å². The van der Waals surface area contributed by atoms with Crippen LogP contribution in [0.15, 0.2) is 30.3 Å². The Morgan fingerprint density at radius 2 is 1.63 bits per heavy atom. The van der Waals surface area contributed by atoms with Crippen molar-refractivity contribution in [2.45, 2.75) is 64.3 Å². The number of likely N-dealkylation sites (N-methyl/N-ethyl adjacent to an activating group) is 1. The van der Waals surface area contributed by atoms with Crippen LogP contribution in [0.1, 0.15) is 57.4 Å². The molecule has 1 aliphatic carbocycles. The highest BCUT2D eigenvalue weighted by atomic mass is 14.9. The zero-order valence-electron chi connectivity index (χ0n) is 12.4. The molecule has 1 aliphatic rings. The number of hydrogen-bond acceptors (Lipinski definition) is 1. The van der Waals surface area contributed by atoms with E-state index in [-0.39, 0.29) is 0 Å². The maximum absolute atomic E-state index is 3.75. The molecule has 1 aromatic carbocycles. The normalized spacial score (nSPS) is 19.6. The Morgan fingerprint density at radius 1 is 1.00 bits per heavy atom. The van der Waals surface area contributed by atoms with E-state index < -0.39 is 0 Å². The van der Waals surface area contributed by atoms with Crippen LogP contribution in [0, 0.1) is 5.92 Å². The highest BCUT2D eigenvalue weighted by Gasteiger charge is 2.21. The third kappa shape index (κ3) is 4.99. The zero-order chi connectivity index (χ0) is 13.3. The van der Waals surface area contributed by atoms with Crippen LogP contribution in [0.2, 0.25) is 0 Å². The molecule has 1 saturated carbocycles. The van der Waals surface area contributed by atoms with E-state index in [2.05, 4.69) is 42.6 Å². The van der Waals surface area contributed by atoms with Crippen molar-refractivity contribution >= 4 is 0 Å². The summed E-state index contributed by atoms with van der Waals surface area (Å²) < 4.78 is 0. The fourth-order valence-corrected chi connectivity index (χ4v) is 3.43. The average molecular weight is 259 g/mol. The SMILES string of the molecule is CCNC(Cc1ccccc1)C1CCCCCCC1. The first kappa shape index (κ1) is 14.6. The minimum Gasteiger partial charge on any atom is -0.314 e. The van der Waals surface area contributed by atoms with Gasteiger partial charge in [0, 0.05) is 6.04 Å². The molecule has 1 fully saturated rings. The molecule has 0 aromatic heterocycles. The van der Waals surface area contributed by atoms with Crippen molar-refractivity contribution in [1.82, 2.24) is 5.32 Å². The van der Waals surface area contributed by atoms with Crippen LogP contribution in [-0.4, -0.2) is 12.6 Å². The summed E-state index contributed by atoms with van der Waals surface area (Å²) >= 11 is 0. The highest BCUT2D eigenvalue weighted by molar-refractivity contribution is 5.16. The van der Waals surface area contributed by atoms with Gasteiger partial charge in [-0.05, 0) is 37.3 Å². The Labute approximate surface area is 118 Å². The maximum Gasteiger partial charge on any atom is 0.0136 e. The minimum atomic E-state index is 0.672. The van der Waals surface area contributed by atoms with Crippen LogP contribution in [0.5, 0.6) is 0 Å². The van der Waals surface area contributed by atoms with Gasteiger partial charge in [-0.15, -0.1) is 0 Å². The monoisotopic (exact) mass is 259 g/mol. The lowest BCUT2D eigenvalue weighted by Crippen LogP contribution is -2.38. The summed E-state index contributed by atoms with van der Waals surface area (Å²) in [7, 11) is 0. The molecule has 1 N–H and O–H groups in total. The summed E-state index contributed by atoms with van der Waals surface area (Å²) in [4.78, 5) is 0. The molecular formula is C18H29N. The topological polar surface area (TPSA) is 12.0 Å². The van der Waals surface area contributed by atoms with E-state index in [0.29, 0.717) is 6.04 Å². The van der Waals surface area contributed by atoms with Gasteiger partial charge in [0.2, 0.25) is 0 Å². The van der Waals surface area contributed by atoms with Crippen LogP contribution in [0.4, 0.5) is 0 Å². The summed E-state index contributed by atoms with van der Waals surface area (Å²) in [5, 5.41) is 3.75. The highest BCUT2D eigenvalue weighted by Crippen LogP contribution is 2.26. The molecule has 0 saturated heterocycles. The molecule has 0 amide bonds. The Hall–Kier alpha value is -0.820. The Kier molecular flexibility index (Phi) is 6.43. The van der Waals surface area contributed by atoms with E-state index in [1.165, 1.54) is 56.9 Å². The van der Waals surface area contributed by atoms with Gasteiger partial charge in [0.15, 0.2) is 0 Å². The second-order valence-electron chi connectivity index (χ2n) is 5.96. The summed E-state index contributed by atoms with van der Waals surface area (Å²) in [6.07, 6.45) is 11.2. The molecule has 0 radical (unpaired) electrons. The van der Waals surface area contributed by atoms with Crippen LogP contribution in [-0.2, 0) is 6.42 Å². The molecule has 106 valence electrons. The third-order valence-corrected chi connectivity index (χ3v) is 4.48. The van der Waals surface area contributed by atoms with Crippen molar-refractivity contribution in [3.8, 4) is 0 Å². The second kappa shape index (κ2) is 8.37. The first-order valence-corrected chi connectivity index (χ1v) is 8.17. The van der Waals surface area contributed by atoms with E-state index >= 15 is 0 Å². The average Bonchev–Trinajstić information content (AvgIpc) is 2.39. The van der Waals surface area contributed by atoms with Gasteiger partial charge in [-0.3, -0.25) is 0 Å². The predicted molar refractivity (Wildman–Crippen MR) is 83.4 cm³/mol. The standard InChI is InChI=1S/C18H29N/c1-2-19-18(15-16-11-7-6-8-12-16)17-13-9-4-3-5-10-14-17/h6-8,11-12,17-19H,2-5,9-10,13-15H2,1H3. The molecule has 1 unspecified atom stereocenters. The van der Waals surface area contributed by atoms with Crippen LogP contribution in [0.25, 0.3) is 0 Å².